The fraction of sp³-hybridized carbons (Fsp3) is 0.833. The van der Waals surface area contributed by atoms with Crippen LogP contribution in [0, 0.1) is 0 Å². The summed E-state index contributed by atoms with van der Waals surface area (Å²) in [7, 11) is 0. The van der Waals surface area contributed by atoms with Crippen LogP contribution in [0.2, 0.25) is 0 Å². The van der Waals surface area contributed by atoms with Crippen LogP contribution in [0.25, 0.3) is 0 Å². The second kappa shape index (κ2) is 5.18. The summed E-state index contributed by atoms with van der Waals surface area (Å²) in [6.07, 6.45) is -8.80. The molecule has 0 amide bonds. The van der Waals surface area contributed by atoms with E-state index in [9.17, 15) is 4.79 Å². The fourth-order valence-electron chi connectivity index (χ4n) is 0.558. The predicted octanol–water partition coefficient (Wildman–Crippen LogP) is -3.38. The van der Waals surface area contributed by atoms with Crippen molar-refractivity contribution in [2.24, 2.45) is 0 Å². The Morgan fingerprint density at radius 3 is 2.08 bits per heavy atom. The highest BCUT2D eigenvalue weighted by Crippen LogP contribution is 2.02. The Bertz CT molecular complexity index is 173. The number of aliphatic hydroxyl groups is 5. The zero-order valence-corrected chi connectivity index (χ0v) is 6.16. The van der Waals surface area contributed by atoms with Crippen molar-refractivity contribution < 1.29 is 31.7 Å². The monoisotopic (exact) mass is 181 g/mol. The zero-order valence-electron chi connectivity index (χ0n) is 7.16. The molecule has 0 aromatic rings. The van der Waals surface area contributed by atoms with Crippen molar-refractivity contribution in [2.75, 3.05) is 6.61 Å². The van der Waals surface area contributed by atoms with Gasteiger partial charge in [0.2, 0.25) is 0 Å². The number of carbonyl (C=O) groups is 1. The van der Waals surface area contributed by atoms with Gasteiger partial charge < -0.3 is 30.3 Å². The Hall–Kier alpha value is -0.530. The highest BCUT2D eigenvalue weighted by molar-refractivity contribution is 5.56. The van der Waals surface area contributed by atoms with Gasteiger partial charge in [0.1, 0.15) is 24.4 Å². The molecule has 0 saturated carbocycles. The first-order valence-electron chi connectivity index (χ1n) is 3.69. The molecule has 0 saturated heterocycles. The number of hydrogen-bond donors (Lipinski definition) is 5. The second-order valence-corrected chi connectivity index (χ2v) is 2.21. The van der Waals surface area contributed by atoms with Gasteiger partial charge in [-0.25, -0.2) is 0 Å². The number of carbonyl (C=O) groups excluding carboxylic acids is 1. The standard InChI is InChI=1S/C6H12O6/c7-1-3(9)5(11)6(12)4(10)2-8/h1,3-6,8-12H,2H2/t3-,4+,5+,6+/m0/s1/i4D. The van der Waals surface area contributed by atoms with E-state index in [1.165, 1.54) is 0 Å². The van der Waals surface area contributed by atoms with Crippen LogP contribution in [0.3, 0.4) is 0 Å². The lowest BCUT2D eigenvalue weighted by Gasteiger charge is -2.22. The molecule has 0 spiro atoms. The normalized spacial score (nSPS) is 24.9. The highest BCUT2D eigenvalue weighted by Gasteiger charge is 2.29. The first-order chi connectivity index (χ1) is 5.86. The van der Waals surface area contributed by atoms with Crippen molar-refractivity contribution in [3.63, 3.8) is 0 Å². The van der Waals surface area contributed by atoms with E-state index in [0.717, 1.165) is 0 Å². The van der Waals surface area contributed by atoms with E-state index in [4.69, 9.17) is 26.9 Å². The molecule has 0 aromatic carbocycles. The van der Waals surface area contributed by atoms with Gasteiger partial charge >= 0.3 is 0 Å². The quantitative estimate of drug-likeness (QED) is 0.282. The summed E-state index contributed by atoms with van der Waals surface area (Å²) in [6, 6.07) is 0. The molecule has 0 unspecified atom stereocenters. The van der Waals surface area contributed by atoms with Crippen molar-refractivity contribution >= 4 is 6.29 Å². The minimum Gasteiger partial charge on any atom is -0.394 e. The van der Waals surface area contributed by atoms with Gasteiger partial charge in [0.15, 0.2) is 6.29 Å². The third-order valence-corrected chi connectivity index (χ3v) is 1.32. The molecule has 0 fully saturated rings. The summed E-state index contributed by atoms with van der Waals surface area (Å²) in [4.78, 5) is 9.94. The Morgan fingerprint density at radius 1 is 1.25 bits per heavy atom. The smallest absolute Gasteiger partial charge is 0.151 e. The van der Waals surface area contributed by atoms with Crippen molar-refractivity contribution in [2.45, 2.75) is 24.4 Å². The SMILES string of the molecule is [2H][C@@](O)(CO)[C@@H](O)[C@H](O)[C@@H](O)C=O. The summed E-state index contributed by atoms with van der Waals surface area (Å²) >= 11 is 0. The maximum atomic E-state index is 9.94. The van der Waals surface area contributed by atoms with E-state index in [0.29, 0.717) is 0 Å². The van der Waals surface area contributed by atoms with Crippen molar-refractivity contribution in [1.29, 1.82) is 0 Å². The Kier molecular flexibility index (Phi) is 4.12. The molecule has 6 heteroatoms. The third kappa shape index (κ3) is 2.84. The molecule has 0 heterocycles. The molecule has 0 rings (SSSR count). The largest absolute Gasteiger partial charge is 0.394 e. The first kappa shape index (κ1) is 9.56. The van der Waals surface area contributed by atoms with Crippen molar-refractivity contribution in [3.05, 3.63) is 0 Å². The van der Waals surface area contributed by atoms with Crippen LogP contribution in [0.1, 0.15) is 1.37 Å². The van der Waals surface area contributed by atoms with Gasteiger partial charge in [-0.05, 0) is 0 Å². The number of aldehydes is 1. The van der Waals surface area contributed by atoms with Crippen LogP contribution in [0.4, 0.5) is 0 Å². The molecule has 4 atom stereocenters. The number of aliphatic hydroxyl groups excluding tert-OH is 4. The van der Waals surface area contributed by atoms with E-state index in [-0.39, 0.29) is 6.29 Å². The lowest BCUT2D eigenvalue weighted by Crippen LogP contribution is -2.46. The summed E-state index contributed by atoms with van der Waals surface area (Å²) in [5.74, 6) is 0. The molecule has 0 aliphatic heterocycles. The summed E-state index contributed by atoms with van der Waals surface area (Å²) in [5, 5.41) is 43.9. The van der Waals surface area contributed by atoms with Crippen molar-refractivity contribution in [3.8, 4) is 0 Å². The summed E-state index contributed by atoms with van der Waals surface area (Å²) < 4.78 is 6.85. The van der Waals surface area contributed by atoms with Gasteiger partial charge in [-0.2, -0.15) is 0 Å². The van der Waals surface area contributed by atoms with E-state index < -0.39 is 31.0 Å². The van der Waals surface area contributed by atoms with Crippen molar-refractivity contribution in [1.82, 2.24) is 0 Å². The van der Waals surface area contributed by atoms with E-state index in [1.54, 1.807) is 0 Å². The van der Waals surface area contributed by atoms with Gasteiger partial charge in [-0.1, -0.05) is 0 Å². The molecule has 5 N–H and O–H groups in total. The van der Waals surface area contributed by atoms with Crippen LogP contribution in [-0.2, 0) is 4.79 Å². The predicted molar refractivity (Wildman–Crippen MR) is 37.2 cm³/mol. The highest BCUT2D eigenvalue weighted by atomic mass is 16.4. The maximum Gasteiger partial charge on any atom is 0.151 e. The van der Waals surface area contributed by atoms with Crippen LogP contribution in [0.5, 0.6) is 0 Å². The van der Waals surface area contributed by atoms with Crippen LogP contribution >= 0.6 is 0 Å². The molecule has 72 valence electrons. The number of hydrogen-bond acceptors (Lipinski definition) is 6. The van der Waals surface area contributed by atoms with Gasteiger partial charge in [0.05, 0.1) is 7.98 Å². The van der Waals surface area contributed by atoms with Gasteiger partial charge in [0, 0.05) is 0 Å². The molecule has 0 aliphatic carbocycles. The first-order valence-corrected chi connectivity index (χ1v) is 3.19. The molecule has 0 bridgehead atoms. The molecule has 6 nitrogen and oxygen atoms in total. The molecule has 0 aromatic heterocycles. The van der Waals surface area contributed by atoms with E-state index in [1.807, 2.05) is 0 Å². The average molecular weight is 181 g/mol. The molecular weight excluding hydrogens is 168 g/mol. The molecule has 0 radical (unpaired) electrons. The van der Waals surface area contributed by atoms with Crippen LogP contribution < -0.4 is 0 Å². The summed E-state index contributed by atoms with van der Waals surface area (Å²) in [5.41, 5.74) is 0. The van der Waals surface area contributed by atoms with Crippen LogP contribution in [-0.4, -0.2) is 62.8 Å². The lowest BCUT2D eigenvalue weighted by atomic mass is 10.0. The zero-order chi connectivity index (χ0) is 10.6. The van der Waals surface area contributed by atoms with E-state index >= 15 is 0 Å². The Morgan fingerprint density at radius 2 is 1.75 bits per heavy atom. The lowest BCUT2D eigenvalue weighted by molar-refractivity contribution is -0.136. The number of rotatable bonds is 5. The topological polar surface area (TPSA) is 118 Å². The molecule has 12 heavy (non-hydrogen) atoms. The minimum absolute atomic E-state index is 0.0542. The van der Waals surface area contributed by atoms with E-state index in [2.05, 4.69) is 0 Å². The Labute approximate surface area is 70.1 Å². The molecular formula is C6H12O6. The average Bonchev–Trinajstić information content (AvgIpc) is 2.14. The maximum absolute atomic E-state index is 9.94. The second-order valence-electron chi connectivity index (χ2n) is 2.21. The van der Waals surface area contributed by atoms with Gasteiger partial charge in [-0.15, -0.1) is 0 Å². The summed E-state index contributed by atoms with van der Waals surface area (Å²) in [6.45, 7) is -1.13. The van der Waals surface area contributed by atoms with Gasteiger partial charge in [0.25, 0.3) is 0 Å². The fourth-order valence-corrected chi connectivity index (χ4v) is 0.558. The molecule has 0 aliphatic rings. The van der Waals surface area contributed by atoms with Gasteiger partial charge in [-0.3, -0.25) is 0 Å². The minimum atomic E-state index is -2.70. The van der Waals surface area contributed by atoms with Crippen LogP contribution in [0.15, 0.2) is 0 Å². The third-order valence-electron chi connectivity index (χ3n) is 1.32. The Balaban J connectivity index is 4.40.